The Morgan fingerprint density at radius 2 is 1.46 bits per heavy atom. The van der Waals surface area contributed by atoms with Gasteiger partial charge in [-0.05, 0) is 94.0 Å². The average Bonchev–Trinajstić information content (AvgIpc) is 3.55. The van der Waals surface area contributed by atoms with Crippen LogP contribution in [0.5, 0.6) is 0 Å². The molecular weight excluding hydrogens is 917 g/mol. The Kier molecular flexibility index (Phi) is 18.3. The zero-order chi connectivity index (χ0) is 51.7. The second-order valence-corrected chi connectivity index (χ2v) is 22.5. The topological polar surface area (TPSA) is 201 Å². The first-order valence-electron chi connectivity index (χ1n) is 24.3. The molecule has 18 nitrogen and oxygen atoms in total. The molecule has 4 saturated heterocycles. The third kappa shape index (κ3) is 12.0. The highest BCUT2D eigenvalue weighted by molar-refractivity contribution is 7.86. The molecule has 392 valence electrons. The molecule has 1 amide bonds. The lowest BCUT2D eigenvalue weighted by molar-refractivity contribution is -0.315. The number of nitrogens with zero attached hydrogens (tertiary/aromatic N) is 2. The number of cyclic esters (lactones) is 1. The Morgan fingerprint density at radius 1 is 0.855 bits per heavy atom. The van der Waals surface area contributed by atoms with Crippen molar-refractivity contribution in [3.8, 4) is 0 Å². The van der Waals surface area contributed by atoms with E-state index in [1.54, 1.807) is 67.7 Å². The highest BCUT2D eigenvalue weighted by atomic mass is 32.2. The van der Waals surface area contributed by atoms with Gasteiger partial charge in [0.1, 0.15) is 24.2 Å². The quantitative estimate of drug-likeness (QED) is 0.119. The summed E-state index contributed by atoms with van der Waals surface area (Å²) in [6.45, 7) is 22.2. The van der Waals surface area contributed by atoms with Crippen molar-refractivity contribution in [3.63, 3.8) is 0 Å². The van der Waals surface area contributed by atoms with Crippen LogP contribution in [0, 0.1) is 36.5 Å². The Morgan fingerprint density at radius 3 is 2.03 bits per heavy atom. The summed E-state index contributed by atoms with van der Waals surface area (Å²) >= 11 is 0. The van der Waals surface area contributed by atoms with Crippen molar-refractivity contribution in [2.45, 2.75) is 199 Å². The molecule has 4 fully saturated rings. The van der Waals surface area contributed by atoms with Crippen molar-refractivity contribution in [2.24, 2.45) is 29.6 Å². The summed E-state index contributed by atoms with van der Waals surface area (Å²) in [5, 5.41) is 0. The van der Waals surface area contributed by atoms with Gasteiger partial charge in [0.05, 0.1) is 46.9 Å². The molecule has 4 aliphatic rings. The van der Waals surface area contributed by atoms with Gasteiger partial charge in [-0.3, -0.25) is 19.3 Å². The van der Waals surface area contributed by atoms with Gasteiger partial charge in [0.15, 0.2) is 24.3 Å². The Balaban J connectivity index is 1.64. The minimum atomic E-state index is -4.39. The summed E-state index contributed by atoms with van der Waals surface area (Å²) in [6, 6.07) is 4.98. The van der Waals surface area contributed by atoms with Gasteiger partial charge in [0.2, 0.25) is 0 Å². The van der Waals surface area contributed by atoms with Crippen LogP contribution >= 0.6 is 0 Å². The maximum atomic E-state index is 15.1. The molecule has 9 unspecified atom stereocenters. The van der Waals surface area contributed by atoms with Gasteiger partial charge in [-0.2, -0.15) is 8.42 Å². The number of hydrogen-bond donors (Lipinski definition) is 0. The lowest BCUT2D eigenvalue weighted by atomic mass is 9.73. The van der Waals surface area contributed by atoms with E-state index in [-0.39, 0.29) is 48.0 Å². The monoisotopic (exact) mass is 997 g/mol. The van der Waals surface area contributed by atoms with Gasteiger partial charge in [-0.15, -0.1) is 0 Å². The third-order valence-electron chi connectivity index (χ3n) is 15.4. The lowest BCUT2D eigenvalue weighted by Crippen LogP contribution is -2.61. The maximum absolute atomic E-state index is 15.1. The Labute approximate surface area is 410 Å². The van der Waals surface area contributed by atoms with Crippen molar-refractivity contribution in [1.82, 2.24) is 9.80 Å². The normalized spacial score (nSPS) is 40.7. The number of aryl methyl sites for hydroxylation is 1. The molecule has 0 bridgehead atoms. The molecule has 1 aromatic rings. The van der Waals surface area contributed by atoms with Crippen LogP contribution in [0.15, 0.2) is 29.2 Å². The predicted molar refractivity (Wildman–Crippen MR) is 252 cm³/mol. The van der Waals surface area contributed by atoms with E-state index in [0.29, 0.717) is 0 Å². The number of hydrogen-bond acceptors (Lipinski definition) is 17. The molecule has 5 rings (SSSR count). The number of Topliss-reactive ketones (excluding diaryl/α,β-unsaturated/α-hetero) is 1. The van der Waals surface area contributed by atoms with Gasteiger partial charge in [0, 0.05) is 57.3 Å². The fourth-order valence-electron chi connectivity index (χ4n) is 11.4. The van der Waals surface area contributed by atoms with E-state index in [1.165, 1.54) is 26.2 Å². The van der Waals surface area contributed by atoms with Crippen LogP contribution in [0.2, 0.25) is 0 Å². The highest BCUT2D eigenvalue weighted by Gasteiger charge is 2.61. The molecule has 1 aromatic carbocycles. The number of esters is 2. The lowest BCUT2D eigenvalue weighted by Gasteiger charge is -2.50. The first kappa shape index (κ1) is 56.6. The standard InChI is InChI=1S/C50H80N2O16S/c1-18-38-50(13)42(52(47(56)68-50)26-61-69(57,58)36-21-19-27(2)20-22-36)31(6)40(54)28(3)24-48(11,59-16)43(67-46-30(5)37(51(14)15)23-29(4)62-46)32(7)41(33(8)45(55)65-38)66-39-25-49(12,60-17)44(34(9)63-39)64-35(10)53/h19-22,28-34,37-39,41-44,46H,18,23-26H2,1-17H3/t28-,29?,30?,31+,32+,33-,34?,37?,38?,39?,41+,42-,43-,44?,46?,48+,49?,50-/m1/s1. The second-order valence-electron chi connectivity index (χ2n) is 20.9. The summed E-state index contributed by atoms with van der Waals surface area (Å²) < 4.78 is 90.5. The summed E-state index contributed by atoms with van der Waals surface area (Å²) in [6.07, 6.45) is -6.36. The first-order chi connectivity index (χ1) is 32.1. The molecule has 4 heterocycles. The number of methoxy groups -OCH3 is 2. The molecule has 4 aliphatic heterocycles. The van der Waals surface area contributed by atoms with Crippen molar-refractivity contribution in [3.05, 3.63) is 29.8 Å². The molecule has 18 atom stereocenters. The number of carbonyl (C=O) groups is 4. The molecule has 19 heteroatoms. The fraction of sp³-hybridized carbons (Fsp3) is 0.800. The summed E-state index contributed by atoms with van der Waals surface area (Å²) in [5.41, 5.74) is -3.18. The van der Waals surface area contributed by atoms with Crippen LogP contribution in [0.25, 0.3) is 0 Å². The van der Waals surface area contributed by atoms with Crippen molar-refractivity contribution < 1.29 is 74.4 Å². The Bertz CT molecular complexity index is 2070. The number of carbonyl (C=O) groups excluding carboxylic acids is 4. The first-order valence-corrected chi connectivity index (χ1v) is 25.7. The average molecular weight is 997 g/mol. The van der Waals surface area contributed by atoms with Gasteiger partial charge in [-0.1, -0.05) is 52.3 Å². The molecule has 69 heavy (non-hydrogen) atoms. The minimum Gasteiger partial charge on any atom is -0.458 e. The van der Waals surface area contributed by atoms with Crippen LogP contribution in [0.4, 0.5) is 4.79 Å². The van der Waals surface area contributed by atoms with Crippen molar-refractivity contribution >= 4 is 33.9 Å². The van der Waals surface area contributed by atoms with E-state index in [2.05, 4.69) is 11.8 Å². The molecular formula is C50H80N2O16S. The zero-order valence-electron chi connectivity index (χ0n) is 43.8. The van der Waals surface area contributed by atoms with E-state index in [1.807, 2.05) is 41.8 Å². The number of rotatable bonds is 13. The van der Waals surface area contributed by atoms with Gasteiger partial charge in [0.25, 0.3) is 10.1 Å². The summed E-state index contributed by atoms with van der Waals surface area (Å²) in [5.74, 6) is -5.18. The van der Waals surface area contributed by atoms with Gasteiger partial charge >= 0.3 is 18.0 Å². The maximum Gasteiger partial charge on any atom is 0.412 e. The van der Waals surface area contributed by atoms with Crippen LogP contribution in [-0.2, 0) is 71.3 Å². The number of benzene rings is 1. The van der Waals surface area contributed by atoms with Crippen molar-refractivity contribution in [1.29, 1.82) is 0 Å². The van der Waals surface area contributed by atoms with Crippen LogP contribution in [0.1, 0.15) is 114 Å². The van der Waals surface area contributed by atoms with Gasteiger partial charge < -0.3 is 47.5 Å². The molecule has 0 spiro atoms. The number of fused-ring (bicyclic) bond motifs is 1. The molecule has 0 aromatic heterocycles. The van der Waals surface area contributed by atoms with Crippen LogP contribution in [0.3, 0.4) is 0 Å². The number of ether oxygens (including phenoxy) is 9. The molecule has 0 saturated carbocycles. The van der Waals surface area contributed by atoms with E-state index in [9.17, 15) is 22.8 Å². The summed E-state index contributed by atoms with van der Waals surface area (Å²) in [7, 11) is 2.71. The van der Waals surface area contributed by atoms with Crippen molar-refractivity contribution in [2.75, 3.05) is 35.0 Å². The molecule has 0 N–H and O–H groups in total. The fourth-order valence-corrected chi connectivity index (χ4v) is 12.2. The van der Waals surface area contributed by atoms with E-state index in [0.717, 1.165) is 16.9 Å². The van der Waals surface area contributed by atoms with Gasteiger partial charge in [-0.25, -0.2) is 8.98 Å². The number of ketones is 1. The minimum absolute atomic E-state index is 0.0908. The molecule has 0 radical (unpaired) electrons. The van der Waals surface area contributed by atoms with Crippen LogP contribution < -0.4 is 0 Å². The third-order valence-corrected chi connectivity index (χ3v) is 16.7. The van der Waals surface area contributed by atoms with E-state index < -0.39 is 124 Å². The SMILES string of the molecule is CCC1OC(=O)[C@H](C)[C@@H](OC2CC(C)(OC)C(OC(C)=O)C(C)O2)[C@H](C)[C@@H](OC2OC(C)CC(N(C)C)C2C)[C@@](C)(OC)C[C@@H](C)C(=O)[C@H](C)[C@H]2N(COS(=O)(=O)c3ccc(C)cc3)C(=O)O[C@]12C. The largest absolute Gasteiger partial charge is 0.458 e. The second kappa shape index (κ2) is 22.2. The number of amides is 1. The van der Waals surface area contributed by atoms with Crippen LogP contribution in [-0.4, -0.2) is 155 Å². The smallest absolute Gasteiger partial charge is 0.412 e. The zero-order valence-corrected chi connectivity index (χ0v) is 44.7. The molecule has 0 aliphatic carbocycles. The summed E-state index contributed by atoms with van der Waals surface area (Å²) in [4.78, 5) is 59.5. The Hall–Kier alpha value is -3.27. The van der Waals surface area contributed by atoms with E-state index in [4.69, 9.17) is 46.8 Å². The van der Waals surface area contributed by atoms with E-state index >= 15 is 4.79 Å². The predicted octanol–water partition coefficient (Wildman–Crippen LogP) is 6.42. The highest BCUT2D eigenvalue weighted by Crippen LogP contribution is 2.45.